The Balaban J connectivity index is 1.70. The van der Waals surface area contributed by atoms with E-state index in [0.717, 1.165) is 17.0 Å². The number of nitro benzene ring substituents is 1. The van der Waals surface area contributed by atoms with Crippen molar-refractivity contribution in [3.63, 3.8) is 0 Å². The Morgan fingerprint density at radius 3 is 2.78 bits per heavy atom. The number of pyridine rings is 1. The molecule has 186 valence electrons. The van der Waals surface area contributed by atoms with E-state index in [0.29, 0.717) is 21.4 Å². The number of halogens is 1. The average molecular weight is 555 g/mol. The number of carbonyl (C=O) groups is 1. The molecule has 12 heteroatoms. The zero-order valence-corrected chi connectivity index (χ0v) is 21.6. The topological polar surface area (TPSA) is 145 Å². The van der Waals surface area contributed by atoms with E-state index in [9.17, 15) is 20.2 Å². The molecule has 36 heavy (non-hydrogen) atoms. The Morgan fingerprint density at radius 2 is 2.11 bits per heavy atom. The SMILES string of the molecule is COCc1c(Br)c(C)nc(OCC(=O)N/N=C\c2cc(C)n(-c3cccc([N+](=O)[O-])c3)c2C)c1C#N. The van der Waals surface area contributed by atoms with E-state index < -0.39 is 17.4 Å². The minimum Gasteiger partial charge on any atom is -0.467 e. The Morgan fingerprint density at radius 1 is 1.36 bits per heavy atom. The molecule has 0 aliphatic rings. The van der Waals surface area contributed by atoms with E-state index in [-0.39, 0.29) is 23.7 Å². The van der Waals surface area contributed by atoms with Crippen LogP contribution < -0.4 is 10.2 Å². The molecule has 3 rings (SSSR count). The van der Waals surface area contributed by atoms with Crippen LogP contribution in [0.1, 0.15) is 33.8 Å². The van der Waals surface area contributed by atoms with Gasteiger partial charge in [0, 0.05) is 46.2 Å². The number of hydrogen-bond donors (Lipinski definition) is 1. The first-order chi connectivity index (χ1) is 17.2. The third kappa shape index (κ3) is 5.76. The average Bonchev–Trinajstić information content (AvgIpc) is 3.13. The van der Waals surface area contributed by atoms with Crippen LogP contribution in [0.25, 0.3) is 5.69 Å². The third-order valence-electron chi connectivity index (χ3n) is 5.27. The number of nitriles is 1. The van der Waals surface area contributed by atoms with Crippen LogP contribution in [-0.2, 0) is 16.1 Å². The van der Waals surface area contributed by atoms with Crippen LogP contribution in [0.15, 0.2) is 39.9 Å². The van der Waals surface area contributed by atoms with Gasteiger partial charge < -0.3 is 14.0 Å². The van der Waals surface area contributed by atoms with Crippen LogP contribution in [0.3, 0.4) is 0 Å². The molecule has 2 heterocycles. The van der Waals surface area contributed by atoms with Crippen LogP contribution >= 0.6 is 15.9 Å². The lowest BCUT2D eigenvalue weighted by Gasteiger charge is -2.13. The number of hydrogen-bond acceptors (Lipinski definition) is 8. The lowest BCUT2D eigenvalue weighted by molar-refractivity contribution is -0.384. The number of nitrogens with one attached hydrogen (secondary N) is 1. The lowest BCUT2D eigenvalue weighted by Crippen LogP contribution is -2.25. The van der Waals surface area contributed by atoms with Gasteiger partial charge in [0.25, 0.3) is 11.6 Å². The Kier molecular flexibility index (Phi) is 8.52. The molecular formula is C24H23BrN6O5. The second-order valence-corrected chi connectivity index (χ2v) is 8.53. The molecule has 0 saturated heterocycles. The van der Waals surface area contributed by atoms with Gasteiger partial charge in [-0.25, -0.2) is 10.4 Å². The van der Waals surface area contributed by atoms with Crippen molar-refractivity contribution in [3.8, 4) is 17.6 Å². The molecule has 0 aliphatic heterocycles. The summed E-state index contributed by atoms with van der Waals surface area (Å²) < 4.78 is 13.2. The van der Waals surface area contributed by atoms with E-state index in [1.165, 1.54) is 25.5 Å². The quantitative estimate of drug-likeness (QED) is 0.239. The number of aromatic nitrogens is 2. The van der Waals surface area contributed by atoms with Gasteiger partial charge in [-0.05, 0) is 48.8 Å². The fourth-order valence-electron chi connectivity index (χ4n) is 3.62. The van der Waals surface area contributed by atoms with Crippen molar-refractivity contribution >= 4 is 33.7 Å². The largest absolute Gasteiger partial charge is 0.467 e. The highest BCUT2D eigenvalue weighted by Crippen LogP contribution is 2.30. The van der Waals surface area contributed by atoms with Gasteiger partial charge >= 0.3 is 0 Å². The second kappa shape index (κ2) is 11.6. The van der Waals surface area contributed by atoms with Crippen molar-refractivity contribution < 1.29 is 19.2 Å². The molecule has 0 fully saturated rings. The number of non-ortho nitro benzene ring substituents is 1. The van der Waals surface area contributed by atoms with Crippen LogP contribution in [-0.4, -0.2) is 40.3 Å². The number of aryl methyl sites for hydroxylation is 2. The van der Waals surface area contributed by atoms with Gasteiger partial charge in [0.2, 0.25) is 5.88 Å². The number of hydrazone groups is 1. The van der Waals surface area contributed by atoms with Gasteiger partial charge in [-0.2, -0.15) is 10.4 Å². The molecule has 0 aliphatic carbocycles. The number of ether oxygens (including phenoxy) is 2. The number of benzene rings is 1. The zero-order chi connectivity index (χ0) is 26.4. The molecule has 0 spiro atoms. The fraction of sp³-hybridized carbons (Fsp3) is 0.250. The van der Waals surface area contributed by atoms with Crippen LogP contribution in [0.5, 0.6) is 5.88 Å². The van der Waals surface area contributed by atoms with Crippen LogP contribution in [0.2, 0.25) is 0 Å². The van der Waals surface area contributed by atoms with Gasteiger partial charge in [-0.15, -0.1) is 0 Å². The molecule has 1 aromatic carbocycles. The highest BCUT2D eigenvalue weighted by Gasteiger charge is 2.18. The van der Waals surface area contributed by atoms with Crippen LogP contribution in [0, 0.1) is 42.2 Å². The predicted octanol–water partition coefficient (Wildman–Crippen LogP) is 4.02. The summed E-state index contributed by atoms with van der Waals surface area (Å²) in [5.41, 5.74) is 6.74. The first-order valence-electron chi connectivity index (χ1n) is 10.6. The summed E-state index contributed by atoms with van der Waals surface area (Å²) in [4.78, 5) is 27.2. The molecule has 0 unspecified atom stereocenters. The monoisotopic (exact) mass is 554 g/mol. The molecule has 3 aromatic rings. The minimum atomic E-state index is -0.543. The van der Waals surface area contributed by atoms with E-state index in [1.807, 2.05) is 30.6 Å². The molecule has 0 radical (unpaired) electrons. The summed E-state index contributed by atoms with van der Waals surface area (Å²) in [5, 5.41) is 24.7. The molecule has 2 aromatic heterocycles. The van der Waals surface area contributed by atoms with Crippen molar-refractivity contribution in [2.45, 2.75) is 27.4 Å². The maximum Gasteiger partial charge on any atom is 0.278 e. The molecule has 1 N–H and O–H groups in total. The summed E-state index contributed by atoms with van der Waals surface area (Å²) in [6, 6.07) is 10.2. The lowest BCUT2D eigenvalue weighted by atomic mass is 10.1. The van der Waals surface area contributed by atoms with Crippen molar-refractivity contribution in [3.05, 3.63) is 78.7 Å². The molecular weight excluding hydrogens is 532 g/mol. The van der Waals surface area contributed by atoms with Crippen LogP contribution in [0.4, 0.5) is 5.69 Å². The summed E-state index contributed by atoms with van der Waals surface area (Å²) >= 11 is 3.40. The highest BCUT2D eigenvalue weighted by molar-refractivity contribution is 9.10. The van der Waals surface area contributed by atoms with Gasteiger partial charge in [-0.3, -0.25) is 14.9 Å². The highest BCUT2D eigenvalue weighted by atomic mass is 79.9. The number of rotatable bonds is 9. The first-order valence-corrected chi connectivity index (χ1v) is 11.4. The summed E-state index contributed by atoms with van der Waals surface area (Å²) in [5.74, 6) is -0.511. The van der Waals surface area contributed by atoms with Gasteiger partial charge in [0.15, 0.2) is 6.61 Å². The number of nitrogens with zero attached hydrogens (tertiary/aromatic N) is 5. The molecule has 0 bridgehead atoms. The smallest absolute Gasteiger partial charge is 0.278 e. The maximum atomic E-state index is 12.3. The third-order valence-corrected chi connectivity index (χ3v) is 6.32. The molecule has 1 amide bonds. The number of amides is 1. The van der Waals surface area contributed by atoms with E-state index in [1.54, 1.807) is 19.1 Å². The predicted molar refractivity (Wildman–Crippen MR) is 135 cm³/mol. The van der Waals surface area contributed by atoms with E-state index >= 15 is 0 Å². The van der Waals surface area contributed by atoms with Crippen molar-refractivity contribution in [2.24, 2.45) is 5.10 Å². The first kappa shape index (κ1) is 26.5. The van der Waals surface area contributed by atoms with Crippen molar-refractivity contribution in [1.29, 1.82) is 5.26 Å². The number of carbonyl (C=O) groups excluding carboxylic acids is 1. The summed E-state index contributed by atoms with van der Waals surface area (Å²) in [6.07, 6.45) is 1.48. The van der Waals surface area contributed by atoms with Gasteiger partial charge in [-0.1, -0.05) is 6.07 Å². The molecule has 0 saturated carbocycles. The summed E-state index contributed by atoms with van der Waals surface area (Å²) in [7, 11) is 1.51. The Hall–Kier alpha value is -4.08. The molecule has 11 nitrogen and oxygen atoms in total. The minimum absolute atomic E-state index is 0.00756. The van der Waals surface area contributed by atoms with Gasteiger partial charge in [0.05, 0.1) is 29.1 Å². The normalized spacial score (nSPS) is 10.9. The van der Waals surface area contributed by atoms with Crippen molar-refractivity contribution in [1.82, 2.24) is 15.0 Å². The summed E-state index contributed by atoms with van der Waals surface area (Å²) in [6.45, 7) is 5.23. The van der Waals surface area contributed by atoms with Crippen molar-refractivity contribution in [2.75, 3.05) is 13.7 Å². The van der Waals surface area contributed by atoms with E-state index in [2.05, 4.69) is 31.4 Å². The zero-order valence-electron chi connectivity index (χ0n) is 20.0. The second-order valence-electron chi connectivity index (χ2n) is 7.74. The number of nitro groups is 1. The van der Waals surface area contributed by atoms with E-state index in [4.69, 9.17) is 9.47 Å². The standard InChI is InChI=1S/C24H23BrN6O5/c1-14-8-17(16(3)30(14)18-6-5-7-19(9-18)31(33)34)11-27-29-22(32)13-36-24-20(10-26)21(12-35-4)23(25)15(2)28-24/h5-9,11H,12-13H2,1-4H3,(H,29,32)/b27-11-. The fourth-order valence-corrected chi connectivity index (χ4v) is 4.02. The Labute approximate surface area is 215 Å². The molecule has 0 atom stereocenters. The Bertz CT molecular complexity index is 1390. The van der Waals surface area contributed by atoms with Gasteiger partial charge in [0.1, 0.15) is 11.6 Å². The maximum absolute atomic E-state index is 12.3. The number of methoxy groups -OCH3 is 1.